The number of pyridine rings is 1. The van der Waals surface area contributed by atoms with Crippen LogP contribution in [0, 0.1) is 0 Å². The van der Waals surface area contributed by atoms with E-state index in [1.54, 1.807) is 18.2 Å². The van der Waals surface area contributed by atoms with Crippen molar-refractivity contribution in [3.8, 4) is 0 Å². The van der Waals surface area contributed by atoms with Crippen LogP contribution in [0.3, 0.4) is 0 Å². The third-order valence-corrected chi connectivity index (χ3v) is 1.63. The Kier molecular flexibility index (Phi) is 3.56. The van der Waals surface area contributed by atoms with Crippen LogP contribution in [0.1, 0.15) is 22.5 Å². The molecular weight excluding hydrogens is 196 g/mol. The second-order valence-electron chi connectivity index (χ2n) is 2.85. The van der Waals surface area contributed by atoms with Gasteiger partial charge < -0.3 is 10.8 Å². The Morgan fingerprint density at radius 2 is 2.27 bits per heavy atom. The van der Waals surface area contributed by atoms with Gasteiger partial charge in [0.2, 0.25) is 5.91 Å². The molecule has 0 aliphatic rings. The van der Waals surface area contributed by atoms with Crippen molar-refractivity contribution in [1.82, 2.24) is 4.98 Å². The van der Waals surface area contributed by atoms with Crippen molar-refractivity contribution >= 4 is 18.0 Å². The van der Waals surface area contributed by atoms with Crippen molar-refractivity contribution in [2.24, 2.45) is 5.73 Å². The van der Waals surface area contributed by atoms with E-state index in [9.17, 15) is 9.59 Å². The summed E-state index contributed by atoms with van der Waals surface area (Å²) in [5.41, 5.74) is 5.58. The zero-order chi connectivity index (χ0) is 11.3. The van der Waals surface area contributed by atoms with E-state index in [4.69, 9.17) is 10.8 Å². The number of rotatable bonds is 4. The maximum atomic E-state index is 10.6. The summed E-state index contributed by atoms with van der Waals surface area (Å²) < 4.78 is 0. The highest BCUT2D eigenvalue weighted by atomic mass is 16.4. The fourth-order valence-corrected chi connectivity index (χ4v) is 0.979. The zero-order valence-corrected chi connectivity index (χ0v) is 7.88. The molecule has 5 heteroatoms. The molecule has 0 aromatic carbocycles. The molecule has 1 aromatic heterocycles. The number of primary amides is 1. The molecule has 0 aliphatic heterocycles. The first kappa shape index (κ1) is 10.9. The van der Waals surface area contributed by atoms with Gasteiger partial charge in [0, 0.05) is 12.6 Å². The number of carboxylic acids is 1. The lowest BCUT2D eigenvalue weighted by atomic mass is 10.2. The van der Waals surface area contributed by atoms with Crippen molar-refractivity contribution in [3.05, 3.63) is 35.7 Å². The Morgan fingerprint density at radius 3 is 2.87 bits per heavy atom. The van der Waals surface area contributed by atoms with E-state index in [1.165, 1.54) is 12.3 Å². The summed E-state index contributed by atoms with van der Waals surface area (Å²) in [7, 11) is 0. The summed E-state index contributed by atoms with van der Waals surface area (Å²) in [5, 5.41) is 8.66. The minimum Gasteiger partial charge on any atom is -0.477 e. The van der Waals surface area contributed by atoms with E-state index < -0.39 is 11.9 Å². The predicted octanol–water partition coefficient (Wildman–Crippen LogP) is 0.668. The van der Waals surface area contributed by atoms with Crippen LogP contribution in [0.15, 0.2) is 24.4 Å². The number of hydrogen-bond acceptors (Lipinski definition) is 3. The van der Waals surface area contributed by atoms with Gasteiger partial charge in [0.1, 0.15) is 5.69 Å². The zero-order valence-electron chi connectivity index (χ0n) is 7.88. The van der Waals surface area contributed by atoms with Crippen LogP contribution >= 0.6 is 0 Å². The molecule has 0 radical (unpaired) electrons. The van der Waals surface area contributed by atoms with Gasteiger partial charge in [-0.25, -0.2) is 9.78 Å². The highest BCUT2D eigenvalue weighted by molar-refractivity contribution is 5.86. The van der Waals surface area contributed by atoms with E-state index >= 15 is 0 Å². The van der Waals surface area contributed by atoms with E-state index in [-0.39, 0.29) is 12.1 Å². The van der Waals surface area contributed by atoms with Crippen molar-refractivity contribution < 1.29 is 14.7 Å². The van der Waals surface area contributed by atoms with Crippen LogP contribution in [0.4, 0.5) is 0 Å². The number of nitrogens with zero attached hydrogens (tertiary/aromatic N) is 1. The Morgan fingerprint density at radius 1 is 1.53 bits per heavy atom. The SMILES string of the molecule is NC(=O)CC=Cc1ccnc(C(=O)O)c1. The first-order chi connectivity index (χ1) is 7.09. The van der Waals surface area contributed by atoms with Gasteiger partial charge in [0.25, 0.3) is 0 Å². The van der Waals surface area contributed by atoms with Gasteiger partial charge in [0.05, 0.1) is 0 Å². The summed E-state index contributed by atoms with van der Waals surface area (Å²) in [6, 6.07) is 3.06. The molecule has 0 bridgehead atoms. The summed E-state index contributed by atoms with van der Waals surface area (Å²) in [6.45, 7) is 0. The lowest BCUT2D eigenvalue weighted by molar-refractivity contribution is -0.117. The third kappa shape index (κ3) is 3.60. The highest BCUT2D eigenvalue weighted by Gasteiger charge is 2.02. The molecule has 0 saturated carbocycles. The number of carbonyl (C=O) groups excluding carboxylic acids is 1. The van der Waals surface area contributed by atoms with Crippen LogP contribution in [0.2, 0.25) is 0 Å². The molecule has 1 rings (SSSR count). The van der Waals surface area contributed by atoms with Crippen LogP contribution in [0.25, 0.3) is 6.08 Å². The van der Waals surface area contributed by atoms with E-state index in [2.05, 4.69) is 4.98 Å². The number of aromatic carboxylic acids is 1. The summed E-state index contributed by atoms with van der Waals surface area (Å²) in [5.74, 6) is -1.51. The third-order valence-electron chi connectivity index (χ3n) is 1.63. The molecule has 1 amide bonds. The van der Waals surface area contributed by atoms with E-state index in [0.717, 1.165) is 0 Å². The van der Waals surface area contributed by atoms with Gasteiger partial charge in [-0.05, 0) is 17.7 Å². The van der Waals surface area contributed by atoms with Gasteiger partial charge >= 0.3 is 5.97 Å². The fraction of sp³-hybridized carbons (Fsp3) is 0.100. The topological polar surface area (TPSA) is 93.3 Å². The number of aromatic nitrogens is 1. The number of amides is 1. The summed E-state index contributed by atoms with van der Waals surface area (Å²) in [6.07, 6.45) is 4.72. The van der Waals surface area contributed by atoms with Gasteiger partial charge in [-0.1, -0.05) is 12.2 Å². The largest absolute Gasteiger partial charge is 0.477 e. The Hall–Kier alpha value is -2.17. The lowest BCUT2D eigenvalue weighted by Crippen LogP contribution is -2.07. The van der Waals surface area contributed by atoms with Gasteiger partial charge in [0.15, 0.2) is 0 Å². The normalized spacial score (nSPS) is 10.4. The average molecular weight is 206 g/mol. The van der Waals surface area contributed by atoms with Gasteiger partial charge in [-0.3, -0.25) is 4.79 Å². The molecule has 5 nitrogen and oxygen atoms in total. The van der Waals surface area contributed by atoms with Crippen LogP contribution in [0.5, 0.6) is 0 Å². The highest BCUT2D eigenvalue weighted by Crippen LogP contribution is 2.04. The predicted molar refractivity (Wildman–Crippen MR) is 54.0 cm³/mol. The fourth-order valence-electron chi connectivity index (χ4n) is 0.979. The second-order valence-corrected chi connectivity index (χ2v) is 2.85. The number of nitrogens with two attached hydrogens (primary N) is 1. The van der Waals surface area contributed by atoms with Crippen LogP contribution in [-0.4, -0.2) is 22.0 Å². The molecule has 0 fully saturated rings. The first-order valence-electron chi connectivity index (χ1n) is 4.24. The van der Waals surface area contributed by atoms with Crippen LogP contribution in [-0.2, 0) is 4.79 Å². The van der Waals surface area contributed by atoms with Crippen molar-refractivity contribution in [1.29, 1.82) is 0 Å². The minimum atomic E-state index is -1.08. The van der Waals surface area contributed by atoms with Crippen molar-refractivity contribution in [2.45, 2.75) is 6.42 Å². The van der Waals surface area contributed by atoms with Gasteiger partial charge in [-0.2, -0.15) is 0 Å². The quantitative estimate of drug-likeness (QED) is 0.757. The average Bonchev–Trinajstić information content (AvgIpc) is 2.17. The molecule has 1 heterocycles. The summed E-state index contributed by atoms with van der Waals surface area (Å²) in [4.78, 5) is 24.7. The molecule has 78 valence electrons. The minimum absolute atomic E-state index is 0.0313. The molecule has 0 saturated heterocycles. The molecule has 0 unspecified atom stereocenters. The van der Waals surface area contributed by atoms with E-state index in [0.29, 0.717) is 5.56 Å². The second kappa shape index (κ2) is 4.90. The standard InChI is InChI=1S/C10H10N2O3/c11-9(13)3-1-2-7-4-5-12-8(6-7)10(14)15/h1-2,4-6H,3H2,(H2,11,13)(H,14,15). The lowest BCUT2D eigenvalue weighted by Gasteiger charge is -1.95. The molecule has 1 aromatic rings. The number of hydrogen-bond donors (Lipinski definition) is 2. The molecular formula is C10H10N2O3. The number of carbonyl (C=O) groups is 2. The Labute approximate surface area is 86.2 Å². The van der Waals surface area contributed by atoms with Crippen molar-refractivity contribution in [2.75, 3.05) is 0 Å². The Bertz CT molecular complexity index is 413. The molecule has 0 atom stereocenters. The molecule has 0 aliphatic carbocycles. The number of carboxylic acid groups (broad SMARTS) is 1. The van der Waals surface area contributed by atoms with E-state index in [1.807, 2.05) is 0 Å². The summed E-state index contributed by atoms with van der Waals surface area (Å²) >= 11 is 0. The monoisotopic (exact) mass is 206 g/mol. The maximum Gasteiger partial charge on any atom is 0.354 e. The maximum absolute atomic E-state index is 10.6. The van der Waals surface area contributed by atoms with Gasteiger partial charge in [-0.15, -0.1) is 0 Å². The Balaban J connectivity index is 2.78. The van der Waals surface area contributed by atoms with Crippen LogP contribution < -0.4 is 5.73 Å². The molecule has 15 heavy (non-hydrogen) atoms. The molecule has 3 N–H and O–H groups in total. The smallest absolute Gasteiger partial charge is 0.354 e. The van der Waals surface area contributed by atoms with Crippen molar-refractivity contribution in [3.63, 3.8) is 0 Å². The molecule has 0 spiro atoms. The first-order valence-corrected chi connectivity index (χ1v) is 4.24.